The molecule has 0 spiro atoms. The molecule has 0 aliphatic carbocycles. The fourth-order valence-electron chi connectivity index (χ4n) is 1.41. The molecule has 0 aliphatic rings. The lowest BCUT2D eigenvalue weighted by atomic mass is 10.1. The molecule has 0 unspecified atom stereocenters. The molecule has 2 rings (SSSR count). The average Bonchev–Trinajstić information content (AvgIpc) is 2.80. The Balaban J connectivity index is 2.14. The van der Waals surface area contributed by atoms with Crippen LogP contribution < -0.4 is 5.32 Å². The van der Waals surface area contributed by atoms with Crippen molar-refractivity contribution in [3.05, 3.63) is 34.3 Å². The van der Waals surface area contributed by atoms with Gasteiger partial charge in [-0.05, 0) is 37.1 Å². The number of nitrogens with one attached hydrogen (secondary N) is 1. The molecule has 6 heteroatoms. The summed E-state index contributed by atoms with van der Waals surface area (Å²) in [7, 11) is 0. The number of rotatable bonds is 3. The van der Waals surface area contributed by atoms with E-state index in [9.17, 15) is 9.90 Å². The van der Waals surface area contributed by atoms with Crippen molar-refractivity contribution >= 4 is 22.4 Å². The van der Waals surface area contributed by atoms with Crippen molar-refractivity contribution in [1.29, 1.82) is 0 Å². The first-order valence-corrected chi connectivity index (χ1v) is 6.35. The van der Waals surface area contributed by atoms with Gasteiger partial charge in [-0.25, -0.2) is 0 Å². The molecular formula is C12H13N3O2S. The van der Waals surface area contributed by atoms with E-state index in [0.29, 0.717) is 16.3 Å². The Morgan fingerprint density at radius 1 is 1.44 bits per heavy atom. The summed E-state index contributed by atoms with van der Waals surface area (Å²) in [6.45, 7) is 3.72. The van der Waals surface area contributed by atoms with Crippen LogP contribution in [-0.2, 0) is 6.42 Å². The molecule has 2 N–H and O–H groups in total. The third kappa shape index (κ3) is 2.65. The van der Waals surface area contributed by atoms with E-state index in [0.717, 1.165) is 11.4 Å². The highest BCUT2D eigenvalue weighted by Gasteiger charge is 2.10. The highest BCUT2D eigenvalue weighted by molar-refractivity contribution is 7.15. The fraction of sp³-hybridized carbons (Fsp3) is 0.250. The van der Waals surface area contributed by atoms with Gasteiger partial charge in [0.05, 0.1) is 0 Å². The molecule has 1 heterocycles. The van der Waals surface area contributed by atoms with Gasteiger partial charge in [-0.15, -0.1) is 10.2 Å². The molecule has 1 aromatic heterocycles. The summed E-state index contributed by atoms with van der Waals surface area (Å²) < 4.78 is 0. The minimum atomic E-state index is -0.253. The number of hydrogen-bond acceptors (Lipinski definition) is 5. The maximum atomic E-state index is 11.9. The molecule has 0 aliphatic heterocycles. The molecule has 94 valence electrons. The van der Waals surface area contributed by atoms with Gasteiger partial charge in [0.2, 0.25) is 5.13 Å². The van der Waals surface area contributed by atoms with Gasteiger partial charge < -0.3 is 5.11 Å². The summed E-state index contributed by atoms with van der Waals surface area (Å²) >= 11 is 1.36. The molecular weight excluding hydrogens is 250 g/mol. The van der Waals surface area contributed by atoms with E-state index in [1.54, 1.807) is 19.1 Å². The molecule has 18 heavy (non-hydrogen) atoms. The van der Waals surface area contributed by atoms with Crippen LogP contribution in [-0.4, -0.2) is 21.2 Å². The molecule has 1 amide bonds. The SMILES string of the molecule is CCc1nnc(NC(=O)c2ccc(O)c(C)c2)s1. The number of anilines is 1. The lowest BCUT2D eigenvalue weighted by molar-refractivity contribution is 0.102. The van der Waals surface area contributed by atoms with Gasteiger partial charge >= 0.3 is 0 Å². The van der Waals surface area contributed by atoms with Crippen molar-refractivity contribution in [1.82, 2.24) is 10.2 Å². The van der Waals surface area contributed by atoms with Crippen molar-refractivity contribution in [2.24, 2.45) is 0 Å². The minimum absolute atomic E-state index is 0.177. The third-order valence-corrected chi connectivity index (χ3v) is 3.43. The number of hydrogen-bond donors (Lipinski definition) is 2. The largest absolute Gasteiger partial charge is 0.508 e. The summed E-state index contributed by atoms with van der Waals surface area (Å²) in [5.74, 6) is -0.0763. The van der Waals surface area contributed by atoms with Crippen molar-refractivity contribution in [2.45, 2.75) is 20.3 Å². The van der Waals surface area contributed by atoms with Crippen LogP contribution in [0.3, 0.4) is 0 Å². The highest BCUT2D eigenvalue weighted by atomic mass is 32.1. The number of phenolic OH excluding ortho intramolecular Hbond substituents is 1. The van der Waals surface area contributed by atoms with E-state index in [2.05, 4.69) is 15.5 Å². The first-order valence-electron chi connectivity index (χ1n) is 5.53. The number of aromatic hydroxyl groups is 1. The second kappa shape index (κ2) is 5.14. The van der Waals surface area contributed by atoms with Crippen LogP contribution in [0.1, 0.15) is 27.9 Å². The van der Waals surface area contributed by atoms with Crippen LogP contribution in [0.25, 0.3) is 0 Å². The molecule has 0 bridgehead atoms. The van der Waals surface area contributed by atoms with Crippen LogP contribution in [0, 0.1) is 6.92 Å². The van der Waals surface area contributed by atoms with E-state index in [1.807, 2.05) is 6.92 Å². The molecule has 0 atom stereocenters. The standard InChI is InChI=1S/C12H13N3O2S/c1-3-10-14-15-12(18-10)13-11(17)8-4-5-9(16)7(2)6-8/h4-6,16H,3H2,1-2H3,(H,13,15,17). The highest BCUT2D eigenvalue weighted by Crippen LogP contribution is 2.19. The van der Waals surface area contributed by atoms with Gasteiger partial charge in [0.1, 0.15) is 10.8 Å². The van der Waals surface area contributed by atoms with Crippen molar-refractivity contribution < 1.29 is 9.90 Å². The molecule has 1 aromatic carbocycles. The Kier molecular flexibility index (Phi) is 3.57. The Morgan fingerprint density at radius 3 is 2.83 bits per heavy atom. The van der Waals surface area contributed by atoms with Crippen LogP contribution in [0.15, 0.2) is 18.2 Å². The Morgan fingerprint density at radius 2 is 2.22 bits per heavy atom. The predicted octanol–water partition coefficient (Wildman–Crippen LogP) is 2.37. The number of amides is 1. The predicted molar refractivity (Wildman–Crippen MR) is 70.1 cm³/mol. The zero-order chi connectivity index (χ0) is 13.1. The number of carbonyl (C=O) groups excluding carboxylic acids is 1. The quantitative estimate of drug-likeness (QED) is 0.891. The van der Waals surface area contributed by atoms with E-state index < -0.39 is 0 Å². The first-order chi connectivity index (χ1) is 8.60. The first kappa shape index (κ1) is 12.5. The normalized spacial score (nSPS) is 10.3. The van der Waals surface area contributed by atoms with Crippen LogP contribution in [0.5, 0.6) is 5.75 Å². The number of carbonyl (C=O) groups is 1. The smallest absolute Gasteiger partial charge is 0.257 e. The molecule has 0 fully saturated rings. The zero-order valence-corrected chi connectivity index (χ0v) is 10.9. The maximum Gasteiger partial charge on any atom is 0.257 e. The number of aromatic nitrogens is 2. The molecule has 5 nitrogen and oxygen atoms in total. The number of nitrogens with zero attached hydrogens (tertiary/aromatic N) is 2. The summed E-state index contributed by atoms with van der Waals surface area (Å²) in [6.07, 6.45) is 0.797. The van der Waals surface area contributed by atoms with E-state index >= 15 is 0 Å². The summed E-state index contributed by atoms with van der Waals surface area (Å²) in [4.78, 5) is 11.9. The van der Waals surface area contributed by atoms with E-state index in [4.69, 9.17) is 0 Å². The summed E-state index contributed by atoms with van der Waals surface area (Å²) in [5, 5.41) is 21.3. The van der Waals surface area contributed by atoms with Gasteiger partial charge in [-0.2, -0.15) is 0 Å². The van der Waals surface area contributed by atoms with Gasteiger partial charge in [-0.1, -0.05) is 18.3 Å². The van der Waals surface area contributed by atoms with Gasteiger partial charge in [0, 0.05) is 5.56 Å². The summed E-state index contributed by atoms with van der Waals surface area (Å²) in [6, 6.07) is 4.70. The average molecular weight is 263 g/mol. The Bertz CT molecular complexity index is 580. The van der Waals surface area contributed by atoms with Crippen LogP contribution in [0.2, 0.25) is 0 Å². The van der Waals surface area contributed by atoms with Crippen molar-refractivity contribution in [2.75, 3.05) is 5.32 Å². The molecule has 0 saturated carbocycles. The lowest BCUT2D eigenvalue weighted by Gasteiger charge is -2.03. The third-order valence-electron chi connectivity index (χ3n) is 2.45. The Hall–Kier alpha value is -1.95. The van der Waals surface area contributed by atoms with Gasteiger partial charge in [-0.3, -0.25) is 10.1 Å². The molecule has 0 saturated heterocycles. The van der Waals surface area contributed by atoms with Gasteiger partial charge in [0.15, 0.2) is 0 Å². The minimum Gasteiger partial charge on any atom is -0.508 e. The maximum absolute atomic E-state index is 11.9. The van der Waals surface area contributed by atoms with Gasteiger partial charge in [0.25, 0.3) is 5.91 Å². The fourth-order valence-corrected chi connectivity index (χ4v) is 2.09. The zero-order valence-electron chi connectivity index (χ0n) is 10.1. The monoisotopic (exact) mass is 263 g/mol. The summed E-state index contributed by atoms with van der Waals surface area (Å²) in [5.41, 5.74) is 1.15. The molecule has 2 aromatic rings. The lowest BCUT2D eigenvalue weighted by Crippen LogP contribution is -2.11. The van der Waals surface area contributed by atoms with Crippen molar-refractivity contribution in [3.8, 4) is 5.75 Å². The second-order valence-corrected chi connectivity index (χ2v) is 4.87. The van der Waals surface area contributed by atoms with Crippen molar-refractivity contribution in [3.63, 3.8) is 0 Å². The second-order valence-electron chi connectivity index (χ2n) is 3.81. The Labute approximate surface area is 109 Å². The molecule has 0 radical (unpaired) electrons. The van der Waals surface area contributed by atoms with Crippen LogP contribution in [0.4, 0.5) is 5.13 Å². The topological polar surface area (TPSA) is 75.1 Å². The number of benzene rings is 1. The number of aryl methyl sites for hydroxylation is 2. The number of phenols is 1. The van der Waals surface area contributed by atoms with E-state index in [-0.39, 0.29) is 11.7 Å². The van der Waals surface area contributed by atoms with Crippen LogP contribution >= 0.6 is 11.3 Å². The van der Waals surface area contributed by atoms with E-state index in [1.165, 1.54) is 17.4 Å².